The summed E-state index contributed by atoms with van der Waals surface area (Å²) in [6.07, 6.45) is 1.71. The zero-order chi connectivity index (χ0) is 10.6. The Labute approximate surface area is 98.2 Å². The molecule has 0 aromatic carbocycles. The third kappa shape index (κ3) is 4.65. The summed E-state index contributed by atoms with van der Waals surface area (Å²) in [5.41, 5.74) is 0. The molecule has 0 aliphatic carbocycles. The molecular formula is C8H20ClN3O2S. The Bertz CT molecular complexity index is 265. The van der Waals surface area contributed by atoms with E-state index in [1.807, 2.05) is 6.92 Å². The first-order chi connectivity index (χ1) is 6.56. The first-order valence-corrected chi connectivity index (χ1v) is 6.44. The Kier molecular flexibility index (Phi) is 6.70. The lowest BCUT2D eigenvalue weighted by molar-refractivity contribution is 0.448. The van der Waals surface area contributed by atoms with Crippen LogP contribution in [0.15, 0.2) is 0 Å². The second kappa shape index (κ2) is 6.65. The van der Waals surface area contributed by atoms with Gasteiger partial charge in [0.2, 0.25) is 0 Å². The molecule has 0 radical (unpaired) electrons. The number of hydrogen-bond donors (Lipinski definition) is 2. The highest BCUT2D eigenvalue weighted by Gasteiger charge is 2.23. The molecule has 0 saturated carbocycles. The van der Waals surface area contributed by atoms with E-state index in [1.165, 1.54) is 4.31 Å². The van der Waals surface area contributed by atoms with Crippen molar-refractivity contribution in [3.05, 3.63) is 0 Å². The van der Waals surface area contributed by atoms with Gasteiger partial charge in [-0.1, -0.05) is 6.92 Å². The highest BCUT2D eigenvalue weighted by atomic mass is 35.5. The molecule has 1 heterocycles. The van der Waals surface area contributed by atoms with Crippen LogP contribution in [0, 0.1) is 0 Å². The SMILES string of the molecule is CCCN(C)S(=O)(=O)NC1CCNC1.Cl. The minimum absolute atomic E-state index is 0. The maximum Gasteiger partial charge on any atom is 0.279 e. The maximum absolute atomic E-state index is 11.7. The Balaban J connectivity index is 0.00000196. The summed E-state index contributed by atoms with van der Waals surface area (Å²) in [6, 6.07) is 0.0549. The standard InChI is InChI=1S/C8H19N3O2S.ClH/c1-3-6-11(2)14(12,13)10-8-4-5-9-7-8;/h8-10H,3-7H2,1-2H3;1H. The summed E-state index contributed by atoms with van der Waals surface area (Å²) in [6.45, 7) is 4.16. The highest BCUT2D eigenvalue weighted by Crippen LogP contribution is 2.02. The molecule has 1 saturated heterocycles. The van der Waals surface area contributed by atoms with E-state index in [1.54, 1.807) is 7.05 Å². The lowest BCUT2D eigenvalue weighted by atomic mass is 10.3. The van der Waals surface area contributed by atoms with Crippen LogP contribution in [0.4, 0.5) is 0 Å². The van der Waals surface area contributed by atoms with Gasteiger partial charge in [-0.15, -0.1) is 12.4 Å². The van der Waals surface area contributed by atoms with Gasteiger partial charge in [0.25, 0.3) is 10.2 Å². The van der Waals surface area contributed by atoms with E-state index >= 15 is 0 Å². The van der Waals surface area contributed by atoms with Gasteiger partial charge in [0.05, 0.1) is 0 Å². The normalized spacial score (nSPS) is 21.7. The van der Waals surface area contributed by atoms with Crippen molar-refractivity contribution in [3.8, 4) is 0 Å². The van der Waals surface area contributed by atoms with Crippen LogP contribution in [0.25, 0.3) is 0 Å². The third-order valence-electron chi connectivity index (χ3n) is 2.32. The molecule has 0 spiro atoms. The van der Waals surface area contributed by atoms with Crippen molar-refractivity contribution < 1.29 is 8.42 Å². The van der Waals surface area contributed by atoms with Crippen LogP contribution in [-0.4, -0.2) is 45.4 Å². The molecule has 0 amide bonds. The lowest BCUT2D eigenvalue weighted by Gasteiger charge is -2.19. The highest BCUT2D eigenvalue weighted by molar-refractivity contribution is 7.87. The minimum atomic E-state index is -3.26. The van der Waals surface area contributed by atoms with E-state index in [0.29, 0.717) is 6.54 Å². The number of rotatable bonds is 5. The fourth-order valence-corrected chi connectivity index (χ4v) is 2.72. The summed E-state index contributed by atoms with van der Waals surface area (Å²) in [5, 5.41) is 3.12. The van der Waals surface area contributed by atoms with Gasteiger partial charge < -0.3 is 5.32 Å². The molecule has 5 nitrogen and oxygen atoms in total. The van der Waals surface area contributed by atoms with Crippen LogP contribution in [-0.2, 0) is 10.2 Å². The van der Waals surface area contributed by atoms with Gasteiger partial charge in [-0.05, 0) is 19.4 Å². The van der Waals surface area contributed by atoms with Crippen molar-refractivity contribution in [2.75, 3.05) is 26.7 Å². The zero-order valence-electron chi connectivity index (χ0n) is 9.19. The Morgan fingerprint density at radius 1 is 1.53 bits per heavy atom. The first kappa shape index (κ1) is 15.1. The van der Waals surface area contributed by atoms with Crippen LogP contribution in [0.3, 0.4) is 0 Å². The number of nitrogens with zero attached hydrogens (tertiary/aromatic N) is 1. The summed E-state index contributed by atoms with van der Waals surface area (Å²) in [7, 11) is -1.66. The number of hydrogen-bond acceptors (Lipinski definition) is 3. The second-order valence-electron chi connectivity index (χ2n) is 3.63. The summed E-state index contributed by atoms with van der Waals surface area (Å²) in [5.74, 6) is 0. The maximum atomic E-state index is 11.7. The van der Waals surface area contributed by atoms with Crippen molar-refractivity contribution in [3.63, 3.8) is 0 Å². The summed E-state index contributed by atoms with van der Waals surface area (Å²) >= 11 is 0. The number of halogens is 1. The van der Waals surface area contributed by atoms with Gasteiger partial charge in [0.15, 0.2) is 0 Å². The van der Waals surface area contributed by atoms with Gasteiger partial charge in [-0.2, -0.15) is 17.4 Å². The molecule has 15 heavy (non-hydrogen) atoms. The quantitative estimate of drug-likeness (QED) is 0.726. The third-order valence-corrected chi connectivity index (χ3v) is 3.96. The molecule has 0 aromatic rings. The van der Waals surface area contributed by atoms with Crippen molar-refractivity contribution in [2.24, 2.45) is 0 Å². The average molecular weight is 258 g/mol. The van der Waals surface area contributed by atoms with Crippen molar-refractivity contribution in [1.29, 1.82) is 0 Å². The average Bonchev–Trinajstić information content (AvgIpc) is 2.56. The molecule has 92 valence electrons. The van der Waals surface area contributed by atoms with Crippen molar-refractivity contribution >= 4 is 22.6 Å². The lowest BCUT2D eigenvalue weighted by Crippen LogP contribution is -2.44. The molecular weight excluding hydrogens is 238 g/mol. The topological polar surface area (TPSA) is 61.4 Å². The van der Waals surface area contributed by atoms with Crippen LogP contribution in [0.1, 0.15) is 19.8 Å². The first-order valence-electron chi connectivity index (χ1n) is 5.00. The minimum Gasteiger partial charge on any atom is -0.315 e. The Hall–Kier alpha value is 0.120. The Morgan fingerprint density at radius 3 is 2.67 bits per heavy atom. The molecule has 1 aliphatic heterocycles. The molecule has 1 fully saturated rings. The fourth-order valence-electron chi connectivity index (χ4n) is 1.49. The molecule has 7 heteroatoms. The predicted molar refractivity (Wildman–Crippen MR) is 63.5 cm³/mol. The van der Waals surface area contributed by atoms with Crippen LogP contribution >= 0.6 is 12.4 Å². The summed E-state index contributed by atoms with van der Waals surface area (Å²) in [4.78, 5) is 0. The van der Waals surface area contributed by atoms with E-state index in [4.69, 9.17) is 0 Å². The number of nitrogens with one attached hydrogen (secondary N) is 2. The van der Waals surface area contributed by atoms with Crippen LogP contribution < -0.4 is 10.0 Å². The second-order valence-corrected chi connectivity index (χ2v) is 5.44. The largest absolute Gasteiger partial charge is 0.315 e. The van der Waals surface area contributed by atoms with Gasteiger partial charge in [-0.3, -0.25) is 0 Å². The van der Waals surface area contributed by atoms with Crippen molar-refractivity contribution in [2.45, 2.75) is 25.8 Å². The van der Waals surface area contributed by atoms with Gasteiger partial charge in [-0.25, -0.2) is 0 Å². The van der Waals surface area contributed by atoms with Crippen molar-refractivity contribution in [1.82, 2.24) is 14.3 Å². The van der Waals surface area contributed by atoms with Crippen LogP contribution in [0.5, 0.6) is 0 Å². The molecule has 2 N–H and O–H groups in total. The molecule has 1 rings (SSSR count). The van der Waals surface area contributed by atoms with E-state index < -0.39 is 10.2 Å². The van der Waals surface area contributed by atoms with Gasteiger partial charge >= 0.3 is 0 Å². The molecule has 1 unspecified atom stereocenters. The van der Waals surface area contributed by atoms with E-state index in [0.717, 1.165) is 25.9 Å². The van der Waals surface area contributed by atoms with Gasteiger partial charge in [0, 0.05) is 26.2 Å². The zero-order valence-corrected chi connectivity index (χ0v) is 10.8. The van der Waals surface area contributed by atoms with Gasteiger partial charge in [0.1, 0.15) is 0 Å². The summed E-state index contributed by atoms with van der Waals surface area (Å²) < 4.78 is 27.4. The Morgan fingerprint density at radius 2 is 2.20 bits per heavy atom. The van der Waals surface area contributed by atoms with Crippen LogP contribution in [0.2, 0.25) is 0 Å². The molecule has 1 atom stereocenters. The molecule has 0 bridgehead atoms. The van der Waals surface area contributed by atoms with E-state index in [2.05, 4.69) is 10.0 Å². The predicted octanol–water partition coefficient (Wildman–Crippen LogP) is -0.0537. The van der Waals surface area contributed by atoms with E-state index in [-0.39, 0.29) is 18.4 Å². The van der Waals surface area contributed by atoms with E-state index in [9.17, 15) is 8.42 Å². The monoisotopic (exact) mass is 257 g/mol. The molecule has 0 aromatic heterocycles. The fraction of sp³-hybridized carbons (Fsp3) is 1.00. The smallest absolute Gasteiger partial charge is 0.279 e. The molecule has 1 aliphatic rings.